The zero-order valence-electron chi connectivity index (χ0n) is 5.91. The maximum absolute atomic E-state index is 10.6. The molecular formula is C6H10N2O3. The Balaban J connectivity index is 2.47. The van der Waals surface area contributed by atoms with Crippen molar-refractivity contribution in [3.8, 4) is 0 Å². The van der Waals surface area contributed by atoms with Gasteiger partial charge in [-0.05, 0) is 6.42 Å². The number of carboxylic acid groups (broad SMARTS) is 1. The van der Waals surface area contributed by atoms with Crippen LogP contribution in [-0.2, 0) is 9.59 Å². The highest BCUT2D eigenvalue weighted by Crippen LogP contribution is 2.12. The molecule has 2 unspecified atom stereocenters. The number of hydrogen-bond acceptors (Lipinski definition) is 3. The average Bonchev–Trinajstić information content (AvgIpc) is 2.33. The summed E-state index contributed by atoms with van der Waals surface area (Å²) in [6, 6.07) is -0.604. The molecule has 5 nitrogen and oxygen atoms in total. The van der Waals surface area contributed by atoms with Crippen molar-refractivity contribution in [1.29, 1.82) is 0 Å². The summed E-state index contributed by atoms with van der Waals surface area (Å²) in [6.45, 7) is 0.381. The quantitative estimate of drug-likeness (QED) is 0.457. The Morgan fingerprint density at radius 1 is 1.55 bits per heavy atom. The van der Waals surface area contributed by atoms with E-state index in [0.29, 0.717) is 13.0 Å². The number of aliphatic carboxylic acids is 1. The van der Waals surface area contributed by atoms with Gasteiger partial charge in [-0.2, -0.15) is 0 Å². The summed E-state index contributed by atoms with van der Waals surface area (Å²) in [5, 5.41) is 11.2. The van der Waals surface area contributed by atoms with Crippen molar-refractivity contribution < 1.29 is 14.7 Å². The SMILES string of the molecule is NC(=O)C1CNC(C(=O)O)C1. The molecule has 0 aliphatic carbocycles. The van der Waals surface area contributed by atoms with Gasteiger partial charge in [-0.1, -0.05) is 0 Å². The molecule has 1 aliphatic heterocycles. The number of carbonyl (C=O) groups excluding carboxylic acids is 1. The molecule has 1 amide bonds. The summed E-state index contributed by atoms with van der Waals surface area (Å²) in [5.74, 6) is -1.67. The topological polar surface area (TPSA) is 92.4 Å². The molecule has 0 aromatic heterocycles. The van der Waals surface area contributed by atoms with E-state index in [-0.39, 0.29) is 5.92 Å². The van der Waals surface area contributed by atoms with Gasteiger partial charge in [0.2, 0.25) is 5.91 Å². The number of carboxylic acids is 1. The summed E-state index contributed by atoms with van der Waals surface area (Å²) >= 11 is 0. The second-order valence-corrected chi connectivity index (χ2v) is 2.63. The van der Waals surface area contributed by atoms with Crippen LogP contribution in [-0.4, -0.2) is 29.6 Å². The van der Waals surface area contributed by atoms with Crippen LogP contribution in [0.1, 0.15) is 6.42 Å². The highest BCUT2D eigenvalue weighted by atomic mass is 16.4. The Morgan fingerprint density at radius 2 is 2.18 bits per heavy atom. The molecule has 0 bridgehead atoms. The van der Waals surface area contributed by atoms with Gasteiger partial charge in [-0.3, -0.25) is 9.59 Å². The van der Waals surface area contributed by atoms with Gasteiger partial charge < -0.3 is 16.2 Å². The Hall–Kier alpha value is -1.10. The van der Waals surface area contributed by atoms with E-state index in [2.05, 4.69) is 5.32 Å². The second-order valence-electron chi connectivity index (χ2n) is 2.63. The second kappa shape index (κ2) is 2.87. The van der Waals surface area contributed by atoms with Crippen molar-refractivity contribution in [2.45, 2.75) is 12.5 Å². The predicted octanol–water partition coefficient (Wildman–Crippen LogP) is -1.47. The van der Waals surface area contributed by atoms with Gasteiger partial charge >= 0.3 is 5.97 Å². The van der Waals surface area contributed by atoms with Crippen molar-refractivity contribution in [2.24, 2.45) is 11.7 Å². The van der Waals surface area contributed by atoms with E-state index in [0.717, 1.165) is 0 Å². The number of primary amides is 1. The number of nitrogens with two attached hydrogens (primary N) is 1. The Labute approximate surface area is 63.6 Å². The molecule has 5 heteroatoms. The molecule has 1 saturated heterocycles. The molecule has 62 valence electrons. The fourth-order valence-corrected chi connectivity index (χ4v) is 1.14. The van der Waals surface area contributed by atoms with Crippen molar-refractivity contribution >= 4 is 11.9 Å². The van der Waals surface area contributed by atoms with Crippen LogP contribution in [0.3, 0.4) is 0 Å². The van der Waals surface area contributed by atoms with Crippen LogP contribution in [0.4, 0.5) is 0 Å². The molecule has 11 heavy (non-hydrogen) atoms. The third-order valence-corrected chi connectivity index (χ3v) is 1.83. The zero-order valence-corrected chi connectivity index (χ0v) is 5.91. The van der Waals surface area contributed by atoms with Gasteiger partial charge in [0.25, 0.3) is 0 Å². The summed E-state index contributed by atoms with van der Waals surface area (Å²) < 4.78 is 0. The third kappa shape index (κ3) is 1.68. The van der Waals surface area contributed by atoms with Gasteiger partial charge in [0.15, 0.2) is 0 Å². The van der Waals surface area contributed by atoms with Crippen LogP contribution in [0.5, 0.6) is 0 Å². The highest BCUT2D eigenvalue weighted by molar-refractivity contribution is 5.80. The first kappa shape index (κ1) is 8.00. The van der Waals surface area contributed by atoms with Gasteiger partial charge in [0.05, 0.1) is 5.92 Å². The lowest BCUT2D eigenvalue weighted by Gasteiger charge is -2.01. The van der Waals surface area contributed by atoms with Crippen LogP contribution in [0.2, 0.25) is 0 Å². The monoisotopic (exact) mass is 158 g/mol. The first-order chi connectivity index (χ1) is 5.11. The van der Waals surface area contributed by atoms with Crippen LogP contribution >= 0.6 is 0 Å². The zero-order chi connectivity index (χ0) is 8.43. The molecule has 0 radical (unpaired) electrons. The molecule has 0 aromatic rings. The summed E-state index contributed by atoms with van der Waals surface area (Å²) in [5.41, 5.74) is 4.99. The summed E-state index contributed by atoms with van der Waals surface area (Å²) in [7, 11) is 0. The molecule has 1 aliphatic rings. The van der Waals surface area contributed by atoms with Crippen LogP contribution in [0, 0.1) is 5.92 Å². The molecule has 0 saturated carbocycles. The number of amides is 1. The van der Waals surface area contributed by atoms with Gasteiger partial charge in [-0.25, -0.2) is 0 Å². The minimum atomic E-state index is -0.922. The fourth-order valence-electron chi connectivity index (χ4n) is 1.14. The average molecular weight is 158 g/mol. The Kier molecular flexibility index (Phi) is 2.09. The smallest absolute Gasteiger partial charge is 0.320 e. The number of nitrogens with one attached hydrogen (secondary N) is 1. The molecule has 2 atom stereocenters. The van der Waals surface area contributed by atoms with E-state index in [1.165, 1.54) is 0 Å². The van der Waals surface area contributed by atoms with E-state index in [1.807, 2.05) is 0 Å². The van der Waals surface area contributed by atoms with Crippen LogP contribution in [0.25, 0.3) is 0 Å². The maximum Gasteiger partial charge on any atom is 0.320 e. The molecular weight excluding hydrogens is 148 g/mol. The normalized spacial score (nSPS) is 30.2. The van der Waals surface area contributed by atoms with E-state index in [4.69, 9.17) is 10.8 Å². The first-order valence-electron chi connectivity index (χ1n) is 3.36. The lowest BCUT2D eigenvalue weighted by atomic mass is 10.1. The standard InChI is InChI=1S/C6H10N2O3/c7-5(9)3-1-4(6(10)11)8-2-3/h3-4,8H,1-2H2,(H2,7,9)(H,10,11). The van der Waals surface area contributed by atoms with Crippen LogP contribution in [0.15, 0.2) is 0 Å². The van der Waals surface area contributed by atoms with E-state index >= 15 is 0 Å². The molecule has 4 N–H and O–H groups in total. The molecule has 0 aromatic carbocycles. The lowest BCUT2D eigenvalue weighted by molar-refractivity contribution is -0.139. The van der Waals surface area contributed by atoms with Gasteiger partial charge in [0, 0.05) is 6.54 Å². The van der Waals surface area contributed by atoms with Crippen molar-refractivity contribution in [1.82, 2.24) is 5.32 Å². The van der Waals surface area contributed by atoms with Crippen LogP contribution < -0.4 is 11.1 Å². The van der Waals surface area contributed by atoms with Gasteiger partial charge in [0.1, 0.15) is 6.04 Å². The summed E-state index contributed by atoms with van der Waals surface area (Å²) in [6.07, 6.45) is 0.310. The molecule has 1 rings (SSSR count). The molecule has 1 heterocycles. The Bertz CT molecular complexity index is 172. The minimum Gasteiger partial charge on any atom is -0.480 e. The van der Waals surface area contributed by atoms with E-state index in [1.54, 1.807) is 0 Å². The number of carbonyl (C=O) groups is 2. The number of hydrogen-bond donors (Lipinski definition) is 3. The lowest BCUT2D eigenvalue weighted by Crippen LogP contribution is -2.30. The van der Waals surface area contributed by atoms with Crippen molar-refractivity contribution in [3.05, 3.63) is 0 Å². The van der Waals surface area contributed by atoms with E-state index < -0.39 is 17.9 Å². The van der Waals surface area contributed by atoms with Crippen molar-refractivity contribution in [3.63, 3.8) is 0 Å². The third-order valence-electron chi connectivity index (χ3n) is 1.83. The summed E-state index contributed by atoms with van der Waals surface area (Å²) in [4.78, 5) is 20.9. The van der Waals surface area contributed by atoms with E-state index in [9.17, 15) is 9.59 Å². The number of rotatable bonds is 2. The molecule has 0 spiro atoms. The molecule has 1 fully saturated rings. The largest absolute Gasteiger partial charge is 0.480 e. The first-order valence-corrected chi connectivity index (χ1v) is 3.36. The minimum absolute atomic E-state index is 0.310. The van der Waals surface area contributed by atoms with Gasteiger partial charge in [-0.15, -0.1) is 0 Å². The predicted molar refractivity (Wildman–Crippen MR) is 36.7 cm³/mol. The maximum atomic E-state index is 10.6. The highest BCUT2D eigenvalue weighted by Gasteiger charge is 2.31. The van der Waals surface area contributed by atoms with Crippen molar-refractivity contribution in [2.75, 3.05) is 6.54 Å². The fraction of sp³-hybridized carbons (Fsp3) is 0.667. The Morgan fingerprint density at radius 3 is 2.45 bits per heavy atom.